The average molecular weight is 591 g/mol. The lowest BCUT2D eigenvalue weighted by atomic mass is 9.87. The maximum absolute atomic E-state index is 13.8. The molecule has 0 saturated carbocycles. The first-order valence-corrected chi connectivity index (χ1v) is 19.3. The predicted molar refractivity (Wildman–Crippen MR) is 187 cm³/mol. The van der Waals surface area contributed by atoms with Gasteiger partial charge in [0.05, 0.1) is 0 Å². The zero-order valence-electron chi connectivity index (χ0n) is 26.6. The number of unbranched alkanes of at least 4 members (excludes halogenated alkanes) is 9. The second-order valence-corrected chi connectivity index (χ2v) is 12.9. The Hall–Kier alpha value is -3.56. The molecule has 0 fully saturated rings. The van der Waals surface area contributed by atoms with E-state index < -0.39 is 0 Å². The van der Waals surface area contributed by atoms with Gasteiger partial charge < -0.3 is 0 Å². The fourth-order valence-corrected chi connectivity index (χ4v) is 5.37. The lowest BCUT2D eigenvalue weighted by molar-refractivity contribution is 0.100. The molecule has 0 aliphatic heterocycles. The summed E-state index contributed by atoms with van der Waals surface area (Å²) < 4.78 is 0. The Morgan fingerprint density at radius 3 is 1.56 bits per heavy atom. The fourth-order valence-electron chi connectivity index (χ4n) is 5.37. The Morgan fingerprint density at radius 2 is 1.02 bits per heavy atom. The Labute approximate surface area is 262 Å². The molecule has 0 amide bonds. The SMILES string of the molecule is CCCCCCCCCCCCc1ccc(-c2cccc(C(=O)c3ccccc3)c2C(=O)c2ccccc2)cc1.C[SiH2]C. The van der Waals surface area contributed by atoms with Crippen LogP contribution in [0.2, 0.25) is 13.1 Å². The summed E-state index contributed by atoms with van der Waals surface area (Å²) in [4.78, 5) is 27.4. The molecule has 4 aromatic rings. The van der Waals surface area contributed by atoms with Gasteiger partial charge >= 0.3 is 0 Å². The average Bonchev–Trinajstić information content (AvgIpc) is 3.06. The number of aryl methyl sites for hydroxylation is 1. The number of hydrogen-bond acceptors (Lipinski definition) is 2. The van der Waals surface area contributed by atoms with Gasteiger partial charge in [-0.25, -0.2) is 0 Å². The highest BCUT2D eigenvalue weighted by Gasteiger charge is 2.23. The van der Waals surface area contributed by atoms with E-state index in [1.807, 2.05) is 60.7 Å². The minimum Gasteiger partial charge on any atom is -0.289 e. The van der Waals surface area contributed by atoms with E-state index in [1.54, 1.807) is 18.2 Å². The van der Waals surface area contributed by atoms with Crippen molar-refractivity contribution in [2.75, 3.05) is 0 Å². The molecular weight excluding hydrogens is 541 g/mol. The van der Waals surface area contributed by atoms with Crippen molar-refractivity contribution >= 4 is 21.1 Å². The summed E-state index contributed by atoms with van der Waals surface area (Å²) in [5.41, 5.74) is 5.12. The minimum absolute atomic E-state index is 0.134. The van der Waals surface area contributed by atoms with E-state index in [4.69, 9.17) is 0 Å². The van der Waals surface area contributed by atoms with Crippen LogP contribution in [0.5, 0.6) is 0 Å². The first-order chi connectivity index (χ1) is 21.1. The fraction of sp³-hybridized carbons (Fsp3) is 0.350. The first kappa shape index (κ1) is 33.9. The molecule has 0 N–H and O–H groups in total. The quantitative estimate of drug-likeness (QED) is 0.0739. The topological polar surface area (TPSA) is 34.1 Å². The predicted octanol–water partition coefficient (Wildman–Crippen LogP) is 10.5. The molecule has 4 aromatic carbocycles. The van der Waals surface area contributed by atoms with Gasteiger partial charge in [-0.3, -0.25) is 9.59 Å². The van der Waals surface area contributed by atoms with E-state index in [-0.39, 0.29) is 11.6 Å². The standard InChI is InChI=1S/C38H42O2.C2H8Si/c1-2-3-4-5-6-7-8-9-10-13-19-30-26-28-31(29-27-30)34-24-18-25-35(37(39)32-20-14-11-15-21-32)36(34)38(40)33-22-16-12-17-23-33;1-3-2/h11-12,14-18,20-29H,2-10,13,19H2,1H3;3H2,1-2H3. The molecule has 2 nitrogen and oxygen atoms in total. The smallest absolute Gasteiger partial charge is 0.194 e. The third-order valence-electron chi connectivity index (χ3n) is 7.69. The molecule has 0 radical (unpaired) electrons. The highest BCUT2D eigenvalue weighted by Crippen LogP contribution is 2.31. The van der Waals surface area contributed by atoms with E-state index >= 15 is 0 Å². The molecule has 0 unspecified atom stereocenters. The molecule has 3 heteroatoms. The lowest BCUT2D eigenvalue weighted by Gasteiger charge is -2.15. The molecule has 0 aromatic heterocycles. The van der Waals surface area contributed by atoms with Crippen LogP contribution in [0, 0.1) is 0 Å². The van der Waals surface area contributed by atoms with Gasteiger partial charge in [0.1, 0.15) is 0 Å². The second-order valence-electron chi connectivity index (χ2n) is 11.5. The zero-order chi connectivity index (χ0) is 30.7. The van der Waals surface area contributed by atoms with Gasteiger partial charge in [0.15, 0.2) is 11.6 Å². The molecular formula is C40H50O2Si. The molecule has 0 saturated heterocycles. The number of rotatable bonds is 16. The van der Waals surface area contributed by atoms with Gasteiger partial charge in [-0.1, -0.05) is 181 Å². The Kier molecular flexibility index (Phi) is 15.5. The molecule has 0 aliphatic rings. The number of carbonyl (C=O) groups is 2. The van der Waals surface area contributed by atoms with Crippen LogP contribution in [-0.4, -0.2) is 21.1 Å². The lowest BCUT2D eigenvalue weighted by Crippen LogP contribution is -2.13. The van der Waals surface area contributed by atoms with Crippen LogP contribution in [0.1, 0.15) is 109 Å². The van der Waals surface area contributed by atoms with Gasteiger partial charge in [0, 0.05) is 31.8 Å². The van der Waals surface area contributed by atoms with Crippen LogP contribution in [0.15, 0.2) is 103 Å². The van der Waals surface area contributed by atoms with Crippen molar-refractivity contribution in [1.82, 2.24) is 0 Å². The molecule has 0 bridgehead atoms. The molecule has 0 spiro atoms. The van der Waals surface area contributed by atoms with E-state index in [0.29, 0.717) is 31.8 Å². The van der Waals surface area contributed by atoms with Crippen molar-refractivity contribution in [2.45, 2.75) is 90.6 Å². The number of carbonyl (C=O) groups excluding carboxylic acids is 2. The van der Waals surface area contributed by atoms with Gasteiger partial charge in [0.2, 0.25) is 0 Å². The van der Waals surface area contributed by atoms with E-state index in [0.717, 1.165) is 17.5 Å². The highest BCUT2D eigenvalue weighted by molar-refractivity contribution is 6.31. The summed E-state index contributed by atoms with van der Waals surface area (Å²) in [7, 11) is 0.417. The van der Waals surface area contributed by atoms with Gasteiger partial charge in [0.25, 0.3) is 0 Å². The second kappa shape index (κ2) is 19.6. The molecule has 226 valence electrons. The van der Waals surface area contributed by atoms with Crippen molar-refractivity contribution in [3.8, 4) is 11.1 Å². The number of ketones is 2. The largest absolute Gasteiger partial charge is 0.289 e. The van der Waals surface area contributed by atoms with Crippen molar-refractivity contribution in [2.24, 2.45) is 0 Å². The summed E-state index contributed by atoms with van der Waals surface area (Å²) in [6, 6.07) is 32.6. The maximum Gasteiger partial charge on any atom is 0.194 e. The summed E-state index contributed by atoms with van der Waals surface area (Å²) >= 11 is 0. The molecule has 0 heterocycles. The number of benzene rings is 4. The summed E-state index contributed by atoms with van der Waals surface area (Å²) in [6.45, 7) is 6.80. The van der Waals surface area contributed by atoms with Gasteiger partial charge in [-0.05, 0) is 29.5 Å². The Morgan fingerprint density at radius 1 is 0.535 bits per heavy atom. The third kappa shape index (κ3) is 10.9. The molecule has 43 heavy (non-hydrogen) atoms. The highest BCUT2D eigenvalue weighted by atomic mass is 28.2. The van der Waals surface area contributed by atoms with Crippen LogP contribution in [0.25, 0.3) is 11.1 Å². The minimum atomic E-state index is -0.140. The van der Waals surface area contributed by atoms with E-state index in [9.17, 15) is 9.59 Å². The summed E-state index contributed by atoms with van der Waals surface area (Å²) in [5, 5.41) is 0. The molecule has 4 rings (SSSR count). The van der Waals surface area contributed by atoms with Gasteiger partial charge in [-0.15, -0.1) is 0 Å². The van der Waals surface area contributed by atoms with Crippen molar-refractivity contribution < 1.29 is 9.59 Å². The van der Waals surface area contributed by atoms with Crippen LogP contribution in [0.3, 0.4) is 0 Å². The molecule has 0 aliphatic carbocycles. The normalized spacial score (nSPS) is 10.6. The Balaban J connectivity index is 0.00000162. The monoisotopic (exact) mass is 590 g/mol. The van der Waals surface area contributed by atoms with E-state index in [2.05, 4.69) is 44.3 Å². The van der Waals surface area contributed by atoms with Gasteiger partial charge in [-0.2, -0.15) is 0 Å². The molecule has 0 atom stereocenters. The van der Waals surface area contributed by atoms with E-state index in [1.165, 1.54) is 69.8 Å². The van der Waals surface area contributed by atoms with Crippen molar-refractivity contribution in [3.63, 3.8) is 0 Å². The van der Waals surface area contributed by atoms with Crippen LogP contribution in [0.4, 0.5) is 0 Å². The van der Waals surface area contributed by atoms with Crippen molar-refractivity contribution in [3.05, 3.63) is 131 Å². The van der Waals surface area contributed by atoms with Crippen LogP contribution < -0.4 is 0 Å². The summed E-state index contributed by atoms with van der Waals surface area (Å²) in [5.74, 6) is -0.274. The maximum atomic E-state index is 13.8. The first-order valence-electron chi connectivity index (χ1n) is 16.5. The van der Waals surface area contributed by atoms with Crippen LogP contribution >= 0.6 is 0 Å². The van der Waals surface area contributed by atoms with Crippen molar-refractivity contribution in [1.29, 1.82) is 0 Å². The summed E-state index contributed by atoms with van der Waals surface area (Å²) in [6.07, 6.45) is 14.4. The van der Waals surface area contributed by atoms with Crippen LogP contribution in [-0.2, 0) is 6.42 Å². The third-order valence-corrected chi connectivity index (χ3v) is 7.69. The Bertz CT molecular complexity index is 1360. The number of hydrogen-bond donors (Lipinski definition) is 0. The zero-order valence-corrected chi connectivity index (χ0v) is 28.0.